The van der Waals surface area contributed by atoms with Gasteiger partial charge in [0, 0.05) is 6.42 Å². The Morgan fingerprint density at radius 1 is 1.11 bits per heavy atom. The second kappa shape index (κ2) is 7.16. The van der Waals surface area contributed by atoms with Gasteiger partial charge in [0.1, 0.15) is 5.75 Å². The number of hydrogen-bond donors (Lipinski definition) is 2. The highest BCUT2D eigenvalue weighted by molar-refractivity contribution is 5.79. The summed E-state index contributed by atoms with van der Waals surface area (Å²) in [7, 11) is 2.82. The van der Waals surface area contributed by atoms with Crippen molar-refractivity contribution in [2.24, 2.45) is 0 Å². The molecule has 6 nitrogen and oxygen atoms in total. The molecule has 98 valence electrons. The van der Waals surface area contributed by atoms with E-state index in [4.69, 9.17) is 4.74 Å². The van der Waals surface area contributed by atoms with E-state index in [1.54, 1.807) is 7.11 Å². The lowest BCUT2D eigenvalue weighted by Gasteiger charge is -2.06. The maximum absolute atomic E-state index is 11.4. The van der Waals surface area contributed by atoms with Gasteiger partial charge >= 0.3 is 6.09 Å². The molecule has 18 heavy (non-hydrogen) atoms. The number of hydrazine groups is 1. The number of carbonyl (C=O) groups is 2. The van der Waals surface area contributed by atoms with Crippen molar-refractivity contribution < 1.29 is 19.1 Å². The van der Waals surface area contributed by atoms with Gasteiger partial charge in [0.2, 0.25) is 5.91 Å². The molecular weight excluding hydrogens is 236 g/mol. The van der Waals surface area contributed by atoms with Gasteiger partial charge in [-0.25, -0.2) is 10.2 Å². The summed E-state index contributed by atoms with van der Waals surface area (Å²) in [6, 6.07) is 7.44. The van der Waals surface area contributed by atoms with Gasteiger partial charge in [-0.15, -0.1) is 0 Å². The summed E-state index contributed by atoms with van der Waals surface area (Å²) < 4.78 is 9.34. The zero-order chi connectivity index (χ0) is 13.4. The summed E-state index contributed by atoms with van der Waals surface area (Å²) in [4.78, 5) is 22.1. The van der Waals surface area contributed by atoms with Crippen LogP contribution >= 0.6 is 0 Å². The second-order valence-corrected chi connectivity index (χ2v) is 3.51. The van der Waals surface area contributed by atoms with E-state index in [2.05, 4.69) is 15.6 Å². The molecule has 0 spiro atoms. The first-order valence-electron chi connectivity index (χ1n) is 5.41. The average molecular weight is 252 g/mol. The van der Waals surface area contributed by atoms with Crippen molar-refractivity contribution in [3.05, 3.63) is 29.8 Å². The van der Waals surface area contributed by atoms with Crippen molar-refractivity contribution in [2.75, 3.05) is 14.2 Å². The Balaban J connectivity index is 2.31. The van der Waals surface area contributed by atoms with Crippen LogP contribution in [0.5, 0.6) is 5.75 Å². The highest BCUT2D eigenvalue weighted by atomic mass is 16.5. The van der Waals surface area contributed by atoms with Gasteiger partial charge in [0.15, 0.2) is 0 Å². The predicted molar refractivity (Wildman–Crippen MR) is 65.0 cm³/mol. The zero-order valence-corrected chi connectivity index (χ0v) is 10.4. The van der Waals surface area contributed by atoms with E-state index in [1.165, 1.54) is 7.11 Å². The van der Waals surface area contributed by atoms with Crippen LogP contribution in [0.2, 0.25) is 0 Å². The largest absolute Gasteiger partial charge is 0.497 e. The average Bonchev–Trinajstić information content (AvgIpc) is 2.42. The van der Waals surface area contributed by atoms with Gasteiger partial charge < -0.3 is 9.47 Å². The van der Waals surface area contributed by atoms with Gasteiger partial charge in [-0.1, -0.05) is 12.1 Å². The quantitative estimate of drug-likeness (QED) is 0.784. The maximum atomic E-state index is 11.4. The summed E-state index contributed by atoms with van der Waals surface area (Å²) in [5, 5.41) is 0. The minimum absolute atomic E-state index is 0.274. The number of ether oxygens (including phenoxy) is 2. The molecular formula is C12H16N2O4. The van der Waals surface area contributed by atoms with Crippen LogP contribution in [0.25, 0.3) is 0 Å². The highest BCUT2D eigenvalue weighted by Crippen LogP contribution is 2.12. The van der Waals surface area contributed by atoms with Crippen LogP contribution in [-0.2, 0) is 16.0 Å². The van der Waals surface area contributed by atoms with Crippen LogP contribution in [-0.4, -0.2) is 26.2 Å². The smallest absolute Gasteiger partial charge is 0.425 e. The lowest BCUT2D eigenvalue weighted by Crippen LogP contribution is -2.41. The molecule has 0 radical (unpaired) electrons. The lowest BCUT2D eigenvalue weighted by atomic mass is 10.1. The molecule has 0 heterocycles. The number of aryl methyl sites for hydroxylation is 1. The van der Waals surface area contributed by atoms with Crippen molar-refractivity contribution in [3.8, 4) is 5.75 Å². The highest BCUT2D eigenvalue weighted by Gasteiger charge is 2.04. The molecule has 2 amide bonds. The molecule has 1 aromatic rings. The van der Waals surface area contributed by atoms with Gasteiger partial charge in [0.25, 0.3) is 0 Å². The first kappa shape index (κ1) is 13.8. The fourth-order valence-electron chi connectivity index (χ4n) is 1.28. The minimum atomic E-state index is -0.701. The van der Waals surface area contributed by atoms with Crippen LogP contribution in [0.4, 0.5) is 4.79 Å². The third-order valence-electron chi connectivity index (χ3n) is 2.29. The van der Waals surface area contributed by atoms with E-state index in [-0.39, 0.29) is 12.3 Å². The number of carbonyl (C=O) groups excluding carboxylic acids is 2. The first-order valence-corrected chi connectivity index (χ1v) is 5.41. The molecule has 0 unspecified atom stereocenters. The molecule has 0 aromatic heterocycles. The summed E-state index contributed by atoms with van der Waals surface area (Å²) in [6.07, 6.45) is 0.155. The van der Waals surface area contributed by atoms with Crippen LogP contribution in [0.3, 0.4) is 0 Å². The van der Waals surface area contributed by atoms with E-state index in [9.17, 15) is 9.59 Å². The Bertz CT molecular complexity index is 403. The van der Waals surface area contributed by atoms with Crippen molar-refractivity contribution in [1.82, 2.24) is 10.9 Å². The molecule has 0 saturated carbocycles. The molecule has 0 bridgehead atoms. The number of methoxy groups -OCH3 is 2. The first-order chi connectivity index (χ1) is 8.65. The maximum Gasteiger partial charge on any atom is 0.425 e. The molecule has 0 saturated heterocycles. The standard InChI is InChI=1S/C12H16N2O4/c1-17-10-6-3-9(4-7-10)5-8-11(15)13-14-12(16)18-2/h3-4,6-7H,5,8H2,1-2H3,(H,13,15)(H,14,16). The Labute approximate surface area is 105 Å². The molecule has 0 aliphatic carbocycles. The van der Waals surface area contributed by atoms with Crippen molar-refractivity contribution in [1.29, 1.82) is 0 Å². The summed E-state index contributed by atoms with van der Waals surface area (Å²) >= 11 is 0. The van der Waals surface area contributed by atoms with Crippen LogP contribution in [0.15, 0.2) is 24.3 Å². The second-order valence-electron chi connectivity index (χ2n) is 3.51. The molecule has 2 N–H and O–H groups in total. The van der Waals surface area contributed by atoms with E-state index < -0.39 is 6.09 Å². The van der Waals surface area contributed by atoms with E-state index in [1.807, 2.05) is 24.3 Å². The monoisotopic (exact) mass is 252 g/mol. The molecule has 0 aliphatic rings. The van der Waals surface area contributed by atoms with Crippen LogP contribution in [0.1, 0.15) is 12.0 Å². The topological polar surface area (TPSA) is 76.7 Å². The molecule has 6 heteroatoms. The zero-order valence-electron chi connectivity index (χ0n) is 10.4. The Morgan fingerprint density at radius 2 is 1.78 bits per heavy atom. The fraction of sp³-hybridized carbons (Fsp3) is 0.333. The van der Waals surface area contributed by atoms with Crippen molar-refractivity contribution in [3.63, 3.8) is 0 Å². The van der Waals surface area contributed by atoms with E-state index >= 15 is 0 Å². The number of hydrogen-bond acceptors (Lipinski definition) is 4. The van der Waals surface area contributed by atoms with E-state index in [0.29, 0.717) is 6.42 Å². The molecule has 0 atom stereocenters. The van der Waals surface area contributed by atoms with Gasteiger partial charge in [-0.2, -0.15) is 0 Å². The number of amides is 2. The number of benzene rings is 1. The number of rotatable bonds is 4. The van der Waals surface area contributed by atoms with Crippen LogP contribution < -0.4 is 15.6 Å². The normalized spacial score (nSPS) is 9.44. The summed E-state index contributed by atoms with van der Waals surface area (Å²) in [6.45, 7) is 0. The van der Waals surface area contributed by atoms with Gasteiger partial charge in [-0.05, 0) is 24.1 Å². The third kappa shape index (κ3) is 4.73. The van der Waals surface area contributed by atoms with Crippen LogP contribution in [0, 0.1) is 0 Å². The molecule has 0 fully saturated rings. The van der Waals surface area contributed by atoms with Gasteiger partial charge in [-0.3, -0.25) is 10.2 Å². The minimum Gasteiger partial charge on any atom is -0.497 e. The Morgan fingerprint density at radius 3 is 2.33 bits per heavy atom. The Kier molecular flexibility index (Phi) is 5.50. The third-order valence-corrected chi connectivity index (χ3v) is 2.29. The predicted octanol–water partition coefficient (Wildman–Crippen LogP) is 1.01. The Hall–Kier alpha value is -2.24. The fourth-order valence-corrected chi connectivity index (χ4v) is 1.28. The van der Waals surface area contributed by atoms with Crippen molar-refractivity contribution in [2.45, 2.75) is 12.8 Å². The lowest BCUT2D eigenvalue weighted by molar-refractivity contribution is -0.121. The van der Waals surface area contributed by atoms with E-state index in [0.717, 1.165) is 11.3 Å². The summed E-state index contributed by atoms with van der Waals surface area (Å²) in [5.41, 5.74) is 5.36. The van der Waals surface area contributed by atoms with Crippen molar-refractivity contribution >= 4 is 12.0 Å². The summed E-state index contributed by atoms with van der Waals surface area (Å²) in [5.74, 6) is 0.492. The molecule has 1 rings (SSSR count). The molecule has 0 aliphatic heterocycles. The molecule has 1 aromatic carbocycles. The SMILES string of the molecule is COC(=O)NNC(=O)CCc1ccc(OC)cc1. The van der Waals surface area contributed by atoms with Gasteiger partial charge in [0.05, 0.1) is 14.2 Å². The number of nitrogens with one attached hydrogen (secondary N) is 2.